The van der Waals surface area contributed by atoms with Gasteiger partial charge in [-0.05, 0) is 36.3 Å². The molecule has 0 amide bonds. The fourth-order valence-corrected chi connectivity index (χ4v) is 1.71. The summed E-state index contributed by atoms with van der Waals surface area (Å²) in [6.45, 7) is 2.14. The van der Waals surface area contributed by atoms with Gasteiger partial charge < -0.3 is 0 Å². The highest BCUT2D eigenvalue weighted by Crippen LogP contribution is 2.03. The summed E-state index contributed by atoms with van der Waals surface area (Å²) in [5, 5.41) is 11.3. The Kier molecular flexibility index (Phi) is 4.35. The van der Waals surface area contributed by atoms with Crippen LogP contribution in [-0.2, 0) is 6.42 Å². The lowest BCUT2D eigenvalue weighted by atomic mass is 10.2. The van der Waals surface area contributed by atoms with Crippen molar-refractivity contribution in [3.63, 3.8) is 0 Å². The fraction of sp³-hybridized carbons (Fsp3) is 0.333. The predicted molar refractivity (Wildman–Crippen MR) is 73.3 cm³/mol. The zero-order valence-electron chi connectivity index (χ0n) is 10.2. The maximum atomic E-state index is 5.16. The minimum Gasteiger partial charge on any atom is -0.265 e. The van der Waals surface area contributed by atoms with Gasteiger partial charge in [0.1, 0.15) is 0 Å². The van der Waals surface area contributed by atoms with Crippen LogP contribution in [0.2, 0.25) is 0 Å². The molecule has 2 aromatic rings. The van der Waals surface area contributed by atoms with Crippen molar-refractivity contribution in [2.45, 2.75) is 26.2 Å². The number of rotatable bonds is 5. The van der Waals surface area contributed by atoms with E-state index < -0.39 is 0 Å². The number of nitrogens with one attached hydrogen (secondary N) is 1. The minimum atomic E-state index is 0.520. The van der Waals surface area contributed by atoms with Crippen molar-refractivity contribution in [2.75, 3.05) is 0 Å². The van der Waals surface area contributed by atoms with Crippen LogP contribution in [0.15, 0.2) is 29.6 Å². The quantitative estimate of drug-likeness (QED) is 0.664. The summed E-state index contributed by atoms with van der Waals surface area (Å²) in [7, 11) is 0. The minimum absolute atomic E-state index is 0.520. The van der Waals surface area contributed by atoms with Gasteiger partial charge >= 0.3 is 0 Å². The molecule has 0 fully saturated rings. The second-order valence-corrected chi connectivity index (χ2v) is 4.27. The summed E-state index contributed by atoms with van der Waals surface area (Å²) in [5.41, 5.74) is 0.981. The molecule has 0 aromatic carbocycles. The molecular formula is C12H15N5S. The van der Waals surface area contributed by atoms with Crippen LogP contribution in [0.4, 0.5) is 0 Å². The summed E-state index contributed by atoms with van der Waals surface area (Å²) >= 11 is 5.16. The van der Waals surface area contributed by atoms with Crippen LogP contribution in [0.5, 0.6) is 0 Å². The van der Waals surface area contributed by atoms with Gasteiger partial charge in [-0.2, -0.15) is 14.9 Å². The third-order valence-corrected chi connectivity index (χ3v) is 2.76. The Hall–Kier alpha value is -1.82. The zero-order chi connectivity index (χ0) is 12.8. The van der Waals surface area contributed by atoms with E-state index in [1.165, 1.54) is 0 Å². The highest BCUT2D eigenvalue weighted by Gasteiger charge is 2.03. The number of aromatic amines is 1. The van der Waals surface area contributed by atoms with Crippen molar-refractivity contribution in [3.8, 4) is 0 Å². The highest BCUT2D eigenvalue weighted by molar-refractivity contribution is 7.71. The number of unbranched alkanes of at least 4 members (excludes halogenated alkanes) is 1. The first-order valence-corrected chi connectivity index (χ1v) is 6.32. The van der Waals surface area contributed by atoms with Crippen molar-refractivity contribution in [1.82, 2.24) is 19.9 Å². The predicted octanol–water partition coefficient (Wildman–Crippen LogP) is 2.56. The lowest BCUT2D eigenvalue weighted by molar-refractivity contribution is 0.700. The third kappa shape index (κ3) is 3.10. The van der Waals surface area contributed by atoms with Crippen molar-refractivity contribution in [2.24, 2.45) is 5.10 Å². The second-order valence-electron chi connectivity index (χ2n) is 3.89. The van der Waals surface area contributed by atoms with Gasteiger partial charge in [0.05, 0.1) is 6.21 Å². The van der Waals surface area contributed by atoms with E-state index in [0.29, 0.717) is 4.77 Å². The average molecular weight is 261 g/mol. The van der Waals surface area contributed by atoms with Gasteiger partial charge in [-0.15, -0.1) is 0 Å². The van der Waals surface area contributed by atoms with E-state index >= 15 is 0 Å². The van der Waals surface area contributed by atoms with Crippen LogP contribution in [0.1, 0.15) is 31.2 Å². The average Bonchev–Trinajstić information content (AvgIpc) is 2.76. The summed E-state index contributed by atoms with van der Waals surface area (Å²) in [4.78, 5) is 3.96. The SMILES string of the molecule is CCCCc1n[nH]c(=S)n1/N=C/c1ccncc1. The highest BCUT2D eigenvalue weighted by atomic mass is 32.1. The molecule has 1 N–H and O–H groups in total. The van der Waals surface area contributed by atoms with Crippen LogP contribution in [0.25, 0.3) is 0 Å². The Balaban J connectivity index is 2.20. The molecule has 2 rings (SSSR count). The fourth-order valence-electron chi connectivity index (χ4n) is 1.51. The number of nitrogens with zero attached hydrogens (tertiary/aromatic N) is 4. The molecule has 0 radical (unpaired) electrons. The smallest absolute Gasteiger partial charge is 0.216 e. The van der Waals surface area contributed by atoms with E-state index in [2.05, 4.69) is 27.2 Å². The van der Waals surface area contributed by atoms with E-state index in [1.54, 1.807) is 23.3 Å². The summed E-state index contributed by atoms with van der Waals surface area (Å²) in [6.07, 6.45) is 8.28. The standard InChI is InChI=1S/C12H15N5S/c1-2-3-4-11-15-16-12(18)17(11)14-9-10-5-7-13-8-6-10/h5-9H,2-4H2,1H3,(H,16,18)/b14-9+. The Morgan fingerprint density at radius 1 is 1.44 bits per heavy atom. The van der Waals surface area contributed by atoms with Crippen LogP contribution < -0.4 is 0 Å². The molecule has 0 aliphatic carbocycles. The van der Waals surface area contributed by atoms with Crippen molar-refractivity contribution in [3.05, 3.63) is 40.7 Å². The Labute approximate surface area is 111 Å². The molecule has 0 saturated heterocycles. The van der Waals surface area contributed by atoms with Crippen LogP contribution >= 0.6 is 12.2 Å². The molecule has 2 aromatic heterocycles. The maximum absolute atomic E-state index is 5.16. The van der Waals surface area contributed by atoms with Crippen LogP contribution in [0, 0.1) is 4.77 Å². The number of pyridine rings is 1. The van der Waals surface area contributed by atoms with Gasteiger partial charge in [0.25, 0.3) is 0 Å². The topological polar surface area (TPSA) is 58.9 Å². The maximum Gasteiger partial charge on any atom is 0.216 e. The molecule has 6 heteroatoms. The lowest BCUT2D eigenvalue weighted by Crippen LogP contribution is -1.99. The molecular weight excluding hydrogens is 246 g/mol. The molecule has 0 atom stereocenters. The molecule has 18 heavy (non-hydrogen) atoms. The van der Waals surface area contributed by atoms with Crippen LogP contribution in [-0.4, -0.2) is 26.1 Å². The van der Waals surface area contributed by atoms with E-state index in [-0.39, 0.29) is 0 Å². The number of H-pyrrole nitrogens is 1. The lowest BCUT2D eigenvalue weighted by Gasteiger charge is -1.99. The molecule has 94 valence electrons. The monoisotopic (exact) mass is 261 g/mol. The molecule has 0 spiro atoms. The zero-order valence-corrected chi connectivity index (χ0v) is 11.0. The van der Waals surface area contributed by atoms with Gasteiger partial charge in [0.15, 0.2) is 5.82 Å². The molecule has 0 unspecified atom stereocenters. The second kappa shape index (κ2) is 6.20. The molecule has 5 nitrogen and oxygen atoms in total. The Morgan fingerprint density at radius 2 is 2.22 bits per heavy atom. The molecule has 2 heterocycles. The van der Waals surface area contributed by atoms with Gasteiger partial charge in [-0.25, -0.2) is 0 Å². The Morgan fingerprint density at radius 3 is 2.94 bits per heavy atom. The van der Waals surface area contributed by atoms with Crippen LogP contribution in [0.3, 0.4) is 0 Å². The normalized spacial score (nSPS) is 11.2. The van der Waals surface area contributed by atoms with Gasteiger partial charge in [-0.3, -0.25) is 10.1 Å². The number of hydrogen-bond donors (Lipinski definition) is 1. The molecule has 0 bridgehead atoms. The number of hydrogen-bond acceptors (Lipinski definition) is 4. The third-order valence-electron chi connectivity index (χ3n) is 2.50. The van der Waals surface area contributed by atoms with E-state index in [4.69, 9.17) is 12.2 Å². The summed E-state index contributed by atoms with van der Waals surface area (Å²) < 4.78 is 2.19. The first-order chi connectivity index (χ1) is 8.81. The largest absolute Gasteiger partial charge is 0.265 e. The first-order valence-electron chi connectivity index (χ1n) is 5.92. The summed E-state index contributed by atoms with van der Waals surface area (Å²) in [5.74, 6) is 0.868. The van der Waals surface area contributed by atoms with Gasteiger partial charge in [0, 0.05) is 18.8 Å². The van der Waals surface area contributed by atoms with E-state index in [0.717, 1.165) is 30.7 Å². The number of aromatic nitrogens is 4. The first kappa shape index (κ1) is 12.6. The van der Waals surface area contributed by atoms with Crippen molar-refractivity contribution >= 4 is 18.4 Å². The molecule has 0 saturated carbocycles. The van der Waals surface area contributed by atoms with E-state index in [1.807, 2.05) is 12.1 Å². The van der Waals surface area contributed by atoms with Crippen molar-refractivity contribution in [1.29, 1.82) is 0 Å². The Bertz CT molecular complexity index is 570. The van der Waals surface area contributed by atoms with E-state index in [9.17, 15) is 0 Å². The summed E-state index contributed by atoms with van der Waals surface area (Å²) in [6, 6.07) is 3.78. The van der Waals surface area contributed by atoms with Gasteiger partial charge in [0.2, 0.25) is 4.77 Å². The van der Waals surface area contributed by atoms with Crippen molar-refractivity contribution < 1.29 is 0 Å². The molecule has 0 aliphatic heterocycles. The molecule has 0 aliphatic rings. The number of aryl methyl sites for hydroxylation is 1. The van der Waals surface area contributed by atoms with Gasteiger partial charge in [-0.1, -0.05) is 13.3 Å².